The summed E-state index contributed by atoms with van der Waals surface area (Å²) in [4.78, 5) is 31.1. The lowest BCUT2D eigenvalue weighted by Crippen LogP contribution is -2.34. The van der Waals surface area contributed by atoms with Crippen LogP contribution in [-0.4, -0.2) is 34.1 Å². The number of rotatable bonds is 7. The zero-order valence-corrected chi connectivity index (χ0v) is 16.7. The number of fused-ring (bicyclic) bond motifs is 1. The van der Waals surface area contributed by atoms with E-state index in [9.17, 15) is 9.59 Å². The maximum atomic E-state index is 12.2. The Labute approximate surface area is 165 Å². The van der Waals surface area contributed by atoms with Crippen LogP contribution in [0.3, 0.4) is 0 Å². The van der Waals surface area contributed by atoms with Crippen molar-refractivity contribution in [2.24, 2.45) is 0 Å². The average Bonchev–Trinajstić information content (AvgIpc) is 3.06. The van der Waals surface area contributed by atoms with Crippen molar-refractivity contribution in [3.63, 3.8) is 0 Å². The topological polar surface area (TPSA) is 79.6 Å². The number of benzene rings is 1. The van der Waals surface area contributed by atoms with Gasteiger partial charge in [0.1, 0.15) is 0 Å². The van der Waals surface area contributed by atoms with Gasteiger partial charge in [0.05, 0.1) is 6.54 Å². The third-order valence-corrected chi connectivity index (χ3v) is 5.18. The van der Waals surface area contributed by atoms with Crippen LogP contribution in [0.25, 0.3) is 4.96 Å². The molecule has 0 saturated heterocycles. The minimum Gasteiger partial charge on any atom is -0.350 e. The minimum absolute atomic E-state index is 0.129. The van der Waals surface area contributed by atoms with Crippen molar-refractivity contribution in [1.82, 2.24) is 19.9 Å². The number of hydrogen-bond acceptors (Lipinski definition) is 6. The number of carbonyl (C=O) groups excluding carboxylic acids is 1. The number of amides is 1. The third kappa shape index (κ3) is 4.84. The molecule has 9 heteroatoms. The highest BCUT2D eigenvalue weighted by Crippen LogP contribution is 2.20. The molecule has 0 unspecified atom stereocenters. The summed E-state index contributed by atoms with van der Waals surface area (Å²) in [6, 6.07) is 8.82. The number of anilines is 1. The van der Waals surface area contributed by atoms with Crippen molar-refractivity contribution in [2.75, 3.05) is 18.5 Å². The van der Waals surface area contributed by atoms with Crippen LogP contribution in [0.2, 0.25) is 5.02 Å². The van der Waals surface area contributed by atoms with Crippen molar-refractivity contribution in [3.05, 3.63) is 57.0 Å². The molecule has 0 bridgehead atoms. The molecule has 7 nitrogen and oxygen atoms in total. The number of likely N-dealkylation sites (N-methyl/N-ethyl adjacent to an activating group) is 1. The molecule has 0 aliphatic rings. The molecule has 1 N–H and O–H groups in total. The molecule has 3 rings (SSSR count). The third-order valence-electron chi connectivity index (χ3n) is 3.90. The molecule has 0 aliphatic carbocycles. The van der Waals surface area contributed by atoms with E-state index in [4.69, 9.17) is 11.6 Å². The molecule has 0 aliphatic heterocycles. The predicted octanol–water partition coefficient (Wildman–Crippen LogP) is 2.51. The van der Waals surface area contributed by atoms with Gasteiger partial charge in [-0.25, -0.2) is 4.98 Å². The highest BCUT2D eigenvalue weighted by molar-refractivity contribution is 7.20. The Morgan fingerprint density at radius 3 is 2.78 bits per heavy atom. The smallest absolute Gasteiger partial charge is 0.275 e. The molecular formula is C18H20ClN5O2S. The van der Waals surface area contributed by atoms with E-state index in [0.29, 0.717) is 21.7 Å². The number of carbonyl (C=O) groups is 1. The van der Waals surface area contributed by atoms with Crippen LogP contribution in [0.1, 0.15) is 24.6 Å². The molecule has 1 aromatic carbocycles. The van der Waals surface area contributed by atoms with Crippen molar-refractivity contribution in [1.29, 1.82) is 0 Å². The van der Waals surface area contributed by atoms with Crippen LogP contribution in [0.5, 0.6) is 0 Å². The molecule has 3 aromatic rings. The number of aromatic nitrogens is 3. The Morgan fingerprint density at radius 2 is 2.07 bits per heavy atom. The summed E-state index contributed by atoms with van der Waals surface area (Å²) >= 11 is 7.14. The Kier molecular flexibility index (Phi) is 6.08. The van der Waals surface area contributed by atoms with Crippen LogP contribution in [-0.2, 0) is 17.8 Å². The molecule has 0 fully saturated rings. The largest absolute Gasteiger partial charge is 0.350 e. The number of nitrogens with zero attached hydrogens (tertiary/aromatic N) is 4. The summed E-state index contributed by atoms with van der Waals surface area (Å²) in [7, 11) is 1.76. The second kappa shape index (κ2) is 8.49. The Hall–Kier alpha value is -2.45. The molecule has 1 amide bonds. The van der Waals surface area contributed by atoms with E-state index in [1.54, 1.807) is 24.1 Å². The first kappa shape index (κ1) is 19.3. The molecule has 0 radical (unpaired) electrons. The zero-order chi connectivity index (χ0) is 19.4. The number of halogens is 1. The van der Waals surface area contributed by atoms with Gasteiger partial charge in [0.2, 0.25) is 16.0 Å². The predicted molar refractivity (Wildman–Crippen MR) is 108 cm³/mol. The summed E-state index contributed by atoms with van der Waals surface area (Å²) in [5, 5.41) is 8.37. The first-order chi connectivity index (χ1) is 13.0. The van der Waals surface area contributed by atoms with Crippen molar-refractivity contribution >= 4 is 38.9 Å². The van der Waals surface area contributed by atoms with E-state index in [2.05, 4.69) is 15.4 Å². The van der Waals surface area contributed by atoms with Gasteiger partial charge in [-0.15, -0.1) is 5.10 Å². The van der Waals surface area contributed by atoms with Crippen molar-refractivity contribution in [3.8, 4) is 0 Å². The summed E-state index contributed by atoms with van der Waals surface area (Å²) in [5.41, 5.74) is 1.53. The monoisotopic (exact) mass is 405 g/mol. The maximum Gasteiger partial charge on any atom is 0.275 e. The first-order valence-electron chi connectivity index (χ1n) is 8.58. The molecule has 0 atom stereocenters. The van der Waals surface area contributed by atoms with Gasteiger partial charge in [0.15, 0.2) is 0 Å². The van der Waals surface area contributed by atoms with Crippen LogP contribution in [0.15, 0.2) is 35.1 Å². The fourth-order valence-electron chi connectivity index (χ4n) is 2.53. The van der Waals surface area contributed by atoms with Gasteiger partial charge in [-0.3, -0.25) is 9.59 Å². The molecule has 142 valence electrons. The standard InChI is InChI=1S/C18H20ClN5O2S/c1-3-4-14-9-16(26)24-17(21-14)27-18(22-24)23(2)11-15(25)20-10-12-5-7-13(19)8-6-12/h5-9H,3-4,10-11H2,1-2H3,(H,20,25). The van der Waals surface area contributed by atoms with E-state index in [1.165, 1.54) is 21.9 Å². The maximum absolute atomic E-state index is 12.2. The second-order valence-electron chi connectivity index (χ2n) is 6.17. The zero-order valence-electron chi connectivity index (χ0n) is 15.1. The molecule has 2 aromatic heterocycles. The minimum atomic E-state index is -0.202. The number of aryl methyl sites for hydroxylation is 1. The molecular weight excluding hydrogens is 386 g/mol. The lowest BCUT2D eigenvalue weighted by Gasteiger charge is -2.14. The molecule has 0 saturated carbocycles. The Morgan fingerprint density at radius 1 is 1.33 bits per heavy atom. The fourth-order valence-corrected chi connectivity index (χ4v) is 3.54. The van der Waals surface area contributed by atoms with E-state index in [-0.39, 0.29) is 18.0 Å². The van der Waals surface area contributed by atoms with E-state index in [1.807, 2.05) is 19.1 Å². The van der Waals surface area contributed by atoms with Crippen molar-refractivity contribution in [2.45, 2.75) is 26.3 Å². The normalized spacial score (nSPS) is 10.9. The lowest BCUT2D eigenvalue weighted by atomic mass is 10.2. The molecule has 2 heterocycles. The molecule has 0 spiro atoms. The summed E-state index contributed by atoms with van der Waals surface area (Å²) in [6.45, 7) is 2.59. The lowest BCUT2D eigenvalue weighted by molar-refractivity contribution is -0.119. The van der Waals surface area contributed by atoms with E-state index >= 15 is 0 Å². The van der Waals surface area contributed by atoms with Crippen molar-refractivity contribution < 1.29 is 4.79 Å². The van der Waals surface area contributed by atoms with Gasteiger partial charge < -0.3 is 10.2 Å². The van der Waals surface area contributed by atoms with Gasteiger partial charge in [0, 0.05) is 30.4 Å². The highest BCUT2D eigenvalue weighted by Gasteiger charge is 2.14. The van der Waals surface area contributed by atoms with Gasteiger partial charge in [-0.2, -0.15) is 4.52 Å². The van der Waals surface area contributed by atoms with Crippen LogP contribution >= 0.6 is 22.9 Å². The fraction of sp³-hybridized carbons (Fsp3) is 0.333. The summed E-state index contributed by atoms with van der Waals surface area (Å²) in [6.07, 6.45) is 1.67. The average molecular weight is 406 g/mol. The summed E-state index contributed by atoms with van der Waals surface area (Å²) < 4.78 is 1.28. The van der Waals surface area contributed by atoms with E-state index < -0.39 is 0 Å². The quantitative estimate of drug-likeness (QED) is 0.653. The number of hydrogen-bond donors (Lipinski definition) is 1. The summed E-state index contributed by atoms with van der Waals surface area (Å²) in [5.74, 6) is -0.140. The first-order valence-corrected chi connectivity index (χ1v) is 9.78. The van der Waals surface area contributed by atoms with Gasteiger partial charge in [0.25, 0.3) is 5.56 Å². The van der Waals surface area contributed by atoms with E-state index in [0.717, 1.165) is 24.1 Å². The molecule has 27 heavy (non-hydrogen) atoms. The van der Waals surface area contributed by atoms with Gasteiger partial charge >= 0.3 is 0 Å². The SMILES string of the molecule is CCCc1cc(=O)n2nc(N(C)CC(=O)NCc3ccc(Cl)cc3)sc2n1. The van der Waals surface area contributed by atoms with Gasteiger partial charge in [-0.05, 0) is 24.1 Å². The number of nitrogens with one attached hydrogen (secondary N) is 1. The Balaban J connectivity index is 1.65. The van der Waals surface area contributed by atoms with Gasteiger partial charge in [-0.1, -0.05) is 48.4 Å². The Bertz CT molecular complexity index is 999. The second-order valence-corrected chi connectivity index (χ2v) is 7.54. The van der Waals surface area contributed by atoms with Crippen LogP contribution in [0.4, 0.5) is 5.13 Å². The highest BCUT2D eigenvalue weighted by atomic mass is 35.5. The van der Waals surface area contributed by atoms with Crippen LogP contribution < -0.4 is 15.8 Å². The van der Waals surface area contributed by atoms with Crippen LogP contribution in [0, 0.1) is 0 Å².